The fourth-order valence-corrected chi connectivity index (χ4v) is 2.04. The lowest BCUT2D eigenvalue weighted by atomic mass is 10.0. The molecule has 1 fully saturated rings. The third-order valence-corrected chi connectivity index (χ3v) is 3.15. The zero-order chi connectivity index (χ0) is 12.7. The van der Waals surface area contributed by atoms with Gasteiger partial charge in [0.25, 0.3) is 0 Å². The third kappa shape index (κ3) is 4.73. The molecular weight excluding hydrogens is 220 g/mol. The first-order chi connectivity index (χ1) is 8.15. The Morgan fingerprint density at radius 1 is 1.35 bits per heavy atom. The van der Waals surface area contributed by atoms with E-state index in [2.05, 4.69) is 10.6 Å². The summed E-state index contributed by atoms with van der Waals surface area (Å²) in [4.78, 5) is 22.7. The lowest BCUT2D eigenvalue weighted by Crippen LogP contribution is -2.50. The molecule has 2 atom stereocenters. The van der Waals surface area contributed by atoms with Crippen LogP contribution in [0.5, 0.6) is 0 Å². The van der Waals surface area contributed by atoms with Gasteiger partial charge in [-0.2, -0.15) is 0 Å². The first-order valence-electron chi connectivity index (χ1n) is 6.41. The molecule has 5 nitrogen and oxygen atoms in total. The Hall–Kier alpha value is -1.10. The minimum absolute atomic E-state index is 0.179. The van der Waals surface area contributed by atoms with Crippen LogP contribution in [0.15, 0.2) is 0 Å². The van der Waals surface area contributed by atoms with Gasteiger partial charge in [-0.15, -0.1) is 0 Å². The Bertz CT molecular complexity index is 260. The van der Waals surface area contributed by atoms with E-state index >= 15 is 0 Å². The second-order valence-corrected chi connectivity index (χ2v) is 4.52. The summed E-state index contributed by atoms with van der Waals surface area (Å²) in [5, 5.41) is 14.7. The SMILES string of the molecule is CC[C@H](NC(=O)C1CCCCCCN1)C(=O)O. The molecule has 98 valence electrons. The van der Waals surface area contributed by atoms with E-state index in [0.717, 1.165) is 32.2 Å². The standard InChI is InChI=1S/C12H22N2O3/c1-2-9(12(16)17)14-11(15)10-7-5-3-4-6-8-13-10/h9-10,13H,2-8H2,1H3,(H,14,15)(H,16,17)/t9-,10?/m0/s1. The Labute approximate surface area is 102 Å². The molecule has 1 heterocycles. The molecule has 1 unspecified atom stereocenters. The van der Waals surface area contributed by atoms with Crippen molar-refractivity contribution in [1.82, 2.24) is 10.6 Å². The van der Waals surface area contributed by atoms with E-state index in [9.17, 15) is 9.59 Å². The topological polar surface area (TPSA) is 78.4 Å². The molecule has 1 saturated heterocycles. The molecule has 1 amide bonds. The lowest BCUT2D eigenvalue weighted by Gasteiger charge is -2.22. The third-order valence-electron chi connectivity index (χ3n) is 3.15. The van der Waals surface area contributed by atoms with Crippen LogP contribution >= 0.6 is 0 Å². The minimum Gasteiger partial charge on any atom is -0.480 e. The number of carboxylic acids is 1. The van der Waals surface area contributed by atoms with Crippen LogP contribution in [0.25, 0.3) is 0 Å². The zero-order valence-electron chi connectivity index (χ0n) is 10.4. The Balaban J connectivity index is 2.46. The summed E-state index contributed by atoms with van der Waals surface area (Å²) in [6, 6.07) is -1.00. The molecule has 0 radical (unpaired) electrons. The van der Waals surface area contributed by atoms with Gasteiger partial charge in [0, 0.05) is 0 Å². The van der Waals surface area contributed by atoms with Crippen molar-refractivity contribution in [2.24, 2.45) is 0 Å². The number of hydrogen-bond donors (Lipinski definition) is 3. The maximum absolute atomic E-state index is 11.9. The summed E-state index contributed by atoms with van der Waals surface area (Å²) >= 11 is 0. The van der Waals surface area contributed by atoms with Gasteiger partial charge in [0.1, 0.15) is 6.04 Å². The van der Waals surface area contributed by atoms with E-state index in [1.807, 2.05) is 0 Å². The highest BCUT2D eigenvalue weighted by Crippen LogP contribution is 2.09. The van der Waals surface area contributed by atoms with Crippen LogP contribution in [-0.4, -0.2) is 35.6 Å². The van der Waals surface area contributed by atoms with Crippen molar-refractivity contribution in [3.05, 3.63) is 0 Å². The molecule has 1 aliphatic rings. The molecule has 3 N–H and O–H groups in total. The molecule has 1 rings (SSSR count). The molecule has 0 saturated carbocycles. The summed E-state index contributed by atoms with van der Waals surface area (Å²) in [5.41, 5.74) is 0. The normalized spacial score (nSPS) is 23.2. The van der Waals surface area contributed by atoms with E-state index in [4.69, 9.17) is 5.11 Å². The molecule has 1 aliphatic heterocycles. The van der Waals surface area contributed by atoms with Crippen molar-refractivity contribution in [3.8, 4) is 0 Å². The van der Waals surface area contributed by atoms with Crippen LogP contribution in [0.1, 0.15) is 45.4 Å². The highest BCUT2D eigenvalue weighted by atomic mass is 16.4. The average Bonchev–Trinajstić information content (AvgIpc) is 2.24. The number of carbonyl (C=O) groups excluding carboxylic acids is 1. The van der Waals surface area contributed by atoms with Crippen molar-refractivity contribution < 1.29 is 14.7 Å². The van der Waals surface area contributed by atoms with Gasteiger partial charge in [-0.1, -0.05) is 26.2 Å². The van der Waals surface area contributed by atoms with Crippen LogP contribution in [-0.2, 0) is 9.59 Å². The van der Waals surface area contributed by atoms with Crippen molar-refractivity contribution in [2.75, 3.05) is 6.54 Å². The number of rotatable bonds is 4. The maximum Gasteiger partial charge on any atom is 0.326 e. The first kappa shape index (κ1) is 14.0. The molecule has 0 bridgehead atoms. The molecule has 0 aliphatic carbocycles. The average molecular weight is 242 g/mol. The van der Waals surface area contributed by atoms with Gasteiger partial charge >= 0.3 is 5.97 Å². The predicted octanol–water partition coefficient (Wildman–Crippen LogP) is 0.888. The summed E-state index contributed by atoms with van der Waals surface area (Å²) in [7, 11) is 0. The largest absolute Gasteiger partial charge is 0.480 e. The van der Waals surface area contributed by atoms with E-state index in [-0.39, 0.29) is 11.9 Å². The second kappa shape index (κ2) is 7.27. The van der Waals surface area contributed by atoms with Crippen LogP contribution in [0.2, 0.25) is 0 Å². The Morgan fingerprint density at radius 2 is 2.06 bits per heavy atom. The van der Waals surface area contributed by atoms with E-state index in [1.165, 1.54) is 6.42 Å². The van der Waals surface area contributed by atoms with Crippen LogP contribution in [0.4, 0.5) is 0 Å². The van der Waals surface area contributed by atoms with Gasteiger partial charge in [-0.25, -0.2) is 4.79 Å². The number of hydrogen-bond acceptors (Lipinski definition) is 3. The molecule has 5 heteroatoms. The molecule has 0 aromatic rings. The summed E-state index contributed by atoms with van der Waals surface area (Å²) < 4.78 is 0. The molecule has 0 spiro atoms. The van der Waals surface area contributed by atoms with Crippen molar-refractivity contribution >= 4 is 11.9 Å². The quantitative estimate of drug-likeness (QED) is 0.684. The van der Waals surface area contributed by atoms with Crippen molar-refractivity contribution in [2.45, 2.75) is 57.5 Å². The fourth-order valence-electron chi connectivity index (χ4n) is 2.04. The van der Waals surface area contributed by atoms with Crippen LogP contribution < -0.4 is 10.6 Å². The zero-order valence-corrected chi connectivity index (χ0v) is 10.4. The second-order valence-electron chi connectivity index (χ2n) is 4.52. The summed E-state index contributed by atoms with van der Waals surface area (Å²) in [6.45, 7) is 2.59. The van der Waals surface area contributed by atoms with Gasteiger partial charge < -0.3 is 15.7 Å². The predicted molar refractivity (Wildman–Crippen MR) is 64.7 cm³/mol. The fraction of sp³-hybridized carbons (Fsp3) is 0.833. The van der Waals surface area contributed by atoms with Gasteiger partial charge in [0.2, 0.25) is 5.91 Å². The van der Waals surface area contributed by atoms with Gasteiger partial charge in [-0.05, 0) is 25.8 Å². The summed E-state index contributed by atoms with van der Waals surface area (Å²) in [6.07, 6.45) is 5.67. The smallest absolute Gasteiger partial charge is 0.326 e. The lowest BCUT2D eigenvalue weighted by molar-refractivity contribution is -0.142. The molecular formula is C12H22N2O3. The van der Waals surface area contributed by atoms with Gasteiger partial charge in [-0.3, -0.25) is 4.79 Å². The summed E-state index contributed by atoms with van der Waals surface area (Å²) in [5.74, 6) is -1.15. The van der Waals surface area contributed by atoms with Crippen molar-refractivity contribution in [3.63, 3.8) is 0 Å². The number of nitrogens with one attached hydrogen (secondary N) is 2. The maximum atomic E-state index is 11.9. The van der Waals surface area contributed by atoms with E-state index < -0.39 is 12.0 Å². The van der Waals surface area contributed by atoms with E-state index in [1.54, 1.807) is 6.92 Å². The molecule has 0 aromatic carbocycles. The van der Waals surface area contributed by atoms with Crippen molar-refractivity contribution in [1.29, 1.82) is 0 Å². The molecule has 0 aromatic heterocycles. The molecule has 17 heavy (non-hydrogen) atoms. The Morgan fingerprint density at radius 3 is 2.71 bits per heavy atom. The highest BCUT2D eigenvalue weighted by Gasteiger charge is 2.23. The first-order valence-corrected chi connectivity index (χ1v) is 6.41. The number of carbonyl (C=O) groups is 2. The Kier molecular flexibility index (Phi) is 5.97. The van der Waals surface area contributed by atoms with Crippen LogP contribution in [0, 0.1) is 0 Å². The number of aliphatic carboxylic acids is 1. The van der Waals surface area contributed by atoms with Gasteiger partial charge in [0.15, 0.2) is 0 Å². The van der Waals surface area contributed by atoms with E-state index in [0.29, 0.717) is 6.42 Å². The monoisotopic (exact) mass is 242 g/mol. The highest BCUT2D eigenvalue weighted by molar-refractivity contribution is 5.86. The minimum atomic E-state index is -0.966. The van der Waals surface area contributed by atoms with Gasteiger partial charge in [0.05, 0.1) is 6.04 Å². The van der Waals surface area contributed by atoms with Crippen LogP contribution in [0.3, 0.4) is 0 Å². The number of carboxylic acid groups (broad SMARTS) is 1. The number of amides is 1.